The zero-order chi connectivity index (χ0) is 11.3. The topological polar surface area (TPSA) is 26.3 Å². The number of hydrogen-bond acceptors (Lipinski definition) is 2. The molecular weight excluding hydrogens is 256 g/mol. The smallest absolute Gasteiger partial charge is 0.163 e. The van der Waals surface area contributed by atoms with Gasteiger partial charge < -0.3 is 4.74 Å². The van der Waals surface area contributed by atoms with Gasteiger partial charge in [0.1, 0.15) is 6.10 Å². The number of rotatable bonds is 5. The number of carbonyl (C=O) groups excluding carboxylic acids is 1. The van der Waals surface area contributed by atoms with Crippen molar-refractivity contribution in [3.8, 4) is 0 Å². The number of hydrogen-bond donors (Lipinski definition) is 0. The monoisotopic (exact) mass is 270 g/mol. The van der Waals surface area contributed by atoms with Gasteiger partial charge in [0.25, 0.3) is 0 Å². The molecule has 1 atom stereocenters. The molecule has 2 nitrogen and oxygen atoms in total. The maximum absolute atomic E-state index is 11.5. The molecule has 0 bridgehead atoms. The zero-order valence-electron chi connectivity index (χ0n) is 9.00. The van der Waals surface area contributed by atoms with Gasteiger partial charge in [0.2, 0.25) is 0 Å². The van der Waals surface area contributed by atoms with Crippen LogP contribution in [0.1, 0.15) is 31.9 Å². The molecule has 0 aliphatic heterocycles. The predicted octanol–water partition coefficient (Wildman–Crippen LogP) is 3.51. The van der Waals surface area contributed by atoms with Crippen LogP contribution in [-0.2, 0) is 9.53 Å². The minimum absolute atomic E-state index is 0.0374. The van der Waals surface area contributed by atoms with Gasteiger partial charge in [-0.2, -0.15) is 0 Å². The second-order valence-electron chi connectivity index (χ2n) is 3.38. The number of halogens is 1. The fourth-order valence-corrected chi connectivity index (χ4v) is 1.84. The van der Waals surface area contributed by atoms with Crippen LogP contribution in [0.4, 0.5) is 0 Å². The molecule has 82 valence electrons. The molecule has 0 aliphatic carbocycles. The van der Waals surface area contributed by atoms with E-state index in [0.29, 0.717) is 6.61 Å². The van der Waals surface area contributed by atoms with Gasteiger partial charge in [0.15, 0.2) is 5.78 Å². The number of ketones is 1. The second-order valence-corrected chi connectivity index (χ2v) is 4.24. The van der Waals surface area contributed by atoms with Gasteiger partial charge in [-0.25, -0.2) is 0 Å². The third-order valence-corrected chi connectivity index (χ3v) is 2.77. The number of Topliss-reactive ketones (excluding diaryl/α,β-unsaturated/α-hetero) is 1. The highest BCUT2D eigenvalue weighted by Crippen LogP contribution is 2.26. The van der Waals surface area contributed by atoms with E-state index in [4.69, 9.17) is 4.74 Å². The molecule has 15 heavy (non-hydrogen) atoms. The van der Waals surface area contributed by atoms with E-state index in [2.05, 4.69) is 15.9 Å². The third kappa shape index (κ3) is 3.43. The molecule has 0 aliphatic rings. The molecule has 3 heteroatoms. The van der Waals surface area contributed by atoms with Crippen LogP contribution in [0.15, 0.2) is 28.7 Å². The number of benzene rings is 1. The lowest BCUT2D eigenvalue weighted by Gasteiger charge is -2.16. The molecule has 1 rings (SSSR count). The van der Waals surface area contributed by atoms with Crippen LogP contribution in [0.3, 0.4) is 0 Å². The Balaban J connectivity index is 2.89. The molecule has 0 radical (unpaired) electrons. The van der Waals surface area contributed by atoms with Crippen molar-refractivity contribution in [1.29, 1.82) is 0 Å². The molecule has 0 spiro atoms. The summed E-state index contributed by atoms with van der Waals surface area (Å²) in [6, 6.07) is 7.66. The van der Waals surface area contributed by atoms with Crippen LogP contribution in [0.2, 0.25) is 0 Å². The molecule has 1 aromatic carbocycles. The molecule has 0 amide bonds. The van der Waals surface area contributed by atoms with Gasteiger partial charge in [-0.15, -0.1) is 0 Å². The molecule has 0 N–H and O–H groups in total. The van der Waals surface area contributed by atoms with E-state index < -0.39 is 6.10 Å². The van der Waals surface area contributed by atoms with Crippen LogP contribution < -0.4 is 0 Å². The summed E-state index contributed by atoms with van der Waals surface area (Å²) in [7, 11) is 0. The lowest BCUT2D eigenvalue weighted by atomic mass is 10.1. The fraction of sp³-hybridized carbons (Fsp3) is 0.417. The van der Waals surface area contributed by atoms with Gasteiger partial charge in [-0.1, -0.05) is 41.1 Å². The maximum atomic E-state index is 11.5. The van der Waals surface area contributed by atoms with Crippen molar-refractivity contribution >= 4 is 21.7 Å². The summed E-state index contributed by atoms with van der Waals surface area (Å²) in [5, 5.41) is 0. The Labute approximate surface area is 98.8 Å². The van der Waals surface area contributed by atoms with Crippen LogP contribution in [-0.4, -0.2) is 12.4 Å². The molecule has 1 unspecified atom stereocenters. The Morgan fingerprint density at radius 2 is 2.13 bits per heavy atom. The summed E-state index contributed by atoms with van der Waals surface area (Å²) in [5.74, 6) is 0.0374. The average molecular weight is 271 g/mol. The van der Waals surface area contributed by atoms with Gasteiger partial charge >= 0.3 is 0 Å². The SMILES string of the molecule is CCCOC(C(C)=O)c1ccccc1Br. The minimum atomic E-state index is -0.444. The van der Waals surface area contributed by atoms with Gasteiger partial charge in [-0.3, -0.25) is 4.79 Å². The zero-order valence-corrected chi connectivity index (χ0v) is 10.6. The lowest BCUT2D eigenvalue weighted by molar-refractivity contribution is -0.128. The van der Waals surface area contributed by atoms with Gasteiger partial charge in [0, 0.05) is 16.6 Å². The Bertz CT molecular complexity index is 336. The Kier molecular flexibility index (Phi) is 4.99. The van der Waals surface area contributed by atoms with Crippen LogP contribution in [0.25, 0.3) is 0 Å². The van der Waals surface area contributed by atoms with Crippen LogP contribution in [0, 0.1) is 0 Å². The predicted molar refractivity (Wildman–Crippen MR) is 63.8 cm³/mol. The molecule has 0 saturated heterocycles. The largest absolute Gasteiger partial charge is 0.366 e. The van der Waals surface area contributed by atoms with Gasteiger partial charge in [-0.05, 0) is 19.4 Å². The Hall–Kier alpha value is -0.670. The van der Waals surface area contributed by atoms with Gasteiger partial charge in [0.05, 0.1) is 0 Å². The highest BCUT2D eigenvalue weighted by molar-refractivity contribution is 9.10. The average Bonchev–Trinajstić information content (AvgIpc) is 2.20. The minimum Gasteiger partial charge on any atom is -0.366 e. The van der Waals surface area contributed by atoms with E-state index >= 15 is 0 Å². The van der Waals surface area contributed by atoms with Crippen molar-refractivity contribution in [3.63, 3.8) is 0 Å². The quantitative estimate of drug-likeness (QED) is 0.819. The summed E-state index contributed by atoms with van der Waals surface area (Å²) < 4.78 is 6.46. The van der Waals surface area contributed by atoms with E-state index in [1.165, 1.54) is 0 Å². The molecule has 0 heterocycles. The number of ether oxygens (including phenoxy) is 1. The Morgan fingerprint density at radius 1 is 1.47 bits per heavy atom. The van der Waals surface area contributed by atoms with E-state index in [0.717, 1.165) is 16.5 Å². The van der Waals surface area contributed by atoms with E-state index in [1.54, 1.807) is 6.92 Å². The number of carbonyl (C=O) groups is 1. The van der Waals surface area contributed by atoms with Crippen molar-refractivity contribution in [3.05, 3.63) is 34.3 Å². The van der Waals surface area contributed by atoms with E-state index in [-0.39, 0.29) is 5.78 Å². The van der Waals surface area contributed by atoms with Crippen molar-refractivity contribution in [1.82, 2.24) is 0 Å². The summed E-state index contributed by atoms with van der Waals surface area (Å²) in [4.78, 5) is 11.5. The first-order valence-corrected chi connectivity index (χ1v) is 5.82. The summed E-state index contributed by atoms with van der Waals surface area (Å²) >= 11 is 3.42. The standard InChI is InChI=1S/C12H15BrO2/c1-3-8-15-12(9(2)14)10-6-4-5-7-11(10)13/h4-7,12H,3,8H2,1-2H3. The third-order valence-electron chi connectivity index (χ3n) is 2.05. The first-order valence-electron chi connectivity index (χ1n) is 5.03. The maximum Gasteiger partial charge on any atom is 0.163 e. The second kappa shape index (κ2) is 6.03. The highest BCUT2D eigenvalue weighted by atomic mass is 79.9. The summed E-state index contributed by atoms with van der Waals surface area (Å²) in [6.45, 7) is 4.18. The molecule has 0 aromatic heterocycles. The molecule has 0 saturated carbocycles. The van der Waals surface area contributed by atoms with E-state index in [1.807, 2.05) is 31.2 Å². The van der Waals surface area contributed by atoms with Crippen LogP contribution in [0.5, 0.6) is 0 Å². The highest BCUT2D eigenvalue weighted by Gasteiger charge is 2.18. The van der Waals surface area contributed by atoms with Crippen molar-refractivity contribution in [2.45, 2.75) is 26.4 Å². The van der Waals surface area contributed by atoms with Crippen molar-refractivity contribution in [2.75, 3.05) is 6.61 Å². The van der Waals surface area contributed by atoms with Crippen molar-refractivity contribution in [2.24, 2.45) is 0 Å². The van der Waals surface area contributed by atoms with E-state index in [9.17, 15) is 4.79 Å². The molecule has 0 fully saturated rings. The Morgan fingerprint density at radius 3 is 2.67 bits per heavy atom. The van der Waals surface area contributed by atoms with Crippen LogP contribution >= 0.6 is 15.9 Å². The fourth-order valence-electron chi connectivity index (χ4n) is 1.35. The molecule has 1 aromatic rings. The summed E-state index contributed by atoms with van der Waals surface area (Å²) in [5.41, 5.74) is 0.901. The lowest BCUT2D eigenvalue weighted by Crippen LogP contribution is -2.14. The molecular formula is C12H15BrO2. The summed E-state index contributed by atoms with van der Waals surface area (Å²) in [6.07, 6.45) is 0.467. The first kappa shape index (κ1) is 12.4. The normalized spacial score (nSPS) is 12.5. The van der Waals surface area contributed by atoms with Crippen molar-refractivity contribution < 1.29 is 9.53 Å². The first-order chi connectivity index (χ1) is 7.16.